The number of aromatic hydroxyl groups is 1. The van der Waals surface area contributed by atoms with Gasteiger partial charge in [0, 0.05) is 5.56 Å². The maximum absolute atomic E-state index is 10.8. The molecule has 0 spiro atoms. The lowest BCUT2D eigenvalue weighted by Crippen LogP contribution is -2.01. The van der Waals surface area contributed by atoms with Crippen molar-refractivity contribution in [2.45, 2.75) is 34.1 Å². The number of benzene rings is 2. The van der Waals surface area contributed by atoms with Gasteiger partial charge in [-0.15, -0.1) is 0 Å². The SMILES string of the molecule is Cc1ccc(-c2c(O)c(CC(C)C)nn2-c2ccc(C)cc2)cc1. The summed E-state index contributed by atoms with van der Waals surface area (Å²) in [7, 11) is 0. The molecule has 24 heavy (non-hydrogen) atoms. The average Bonchev–Trinajstić information content (AvgIpc) is 2.85. The summed E-state index contributed by atoms with van der Waals surface area (Å²) in [6, 6.07) is 16.4. The van der Waals surface area contributed by atoms with Crippen LogP contribution in [0.25, 0.3) is 16.9 Å². The van der Waals surface area contributed by atoms with Gasteiger partial charge in [-0.1, -0.05) is 61.4 Å². The van der Waals surface area contributed by atoms with E-state index in [-0.39, 0.29) is 5.75 Å². The fourth-order valence-corrected chi connectivity index (χ4v) is 2.82. The summed E-state index contributed by atoms with van der Waals surface area (Å²) >= 11 is 0. The van der Waals surface area contributed by atoms with Crippen LogP contribution in [0.1, 0.15) is 30.7 Å². The monoisotopic (exact) mass is 320 g/mol. The van der Waals surface area contributed by atoms with Gasteiger partial charge in [0.2, 0.25) is 0 Å². The number of aromatic nitrogens is 2. The van der Waals surface area contributed by atoms with E-state index in [1.165, 1.54) is 11.1 Å². The van der Waals surface area contributed by atoms with Crippen LogP contribution in [0.3, 0.4) is 0 Å². The highest BCUT2D eigenvalue weighted by atomic mass is 16.3. The Morgan fingerprint density at radius 1 is 0.917 bits per heavy atom. The predicted molar refractivity (Wildman–Crippen MR) is 98.7 cm³/mol. The summed E-state index contributed by atoms with van der Waals surface area (Å²) in [5.74, 6) is 0.719. The van der Waals surface area contributed by atoms with E-state index >= 15 is 0 Å². The van der Waals surface area contributed by atoms with E-state index in [1.807, 2.05) is 28.9 Å². The number of aryl methyl sites for hydroxylation is 2. The van der Waals surface area contributed by atoms with Gasteiger partial charge in [-0.25, -0.2) is 4.68 Å². The molecule has 0 atom stereocenters. The fraction of sp³-hybridized carbons (Fsp3) is 0.286. The Kier molecular flexibility index (Phi) is 4.43. The molecule has 0 saturated carbocycles. The maximum atomic E-state index is 10.8. The molecule has 1 aromatic heterocycles. The summed E-state index contributed by atoms with van der Waals surface area (Å²) in [4.78, 5) is 0. The Labute approximate surface area is 143 Å². The quantitative estimate of drug-likeness (QED) is 0.729. The first-order chi connectivity index (χ1) is 11.5. The van der Waals surface area contributed by atoms with Gasteiger partial charge in [-0.05, 0) is 38.3 Å². The van der Waals surface area contributed by atoms with E-state index < -0.39 is 0 Å². The molecule has 3 aromatic rings. The first-order valence-corrected chi connectivity index (χ1v) is 8.40. The largest absolute Gasteiger partial charge is 0.504 e. The fourth-order valence-electron chi connectivity index (χ4n) is 2.82. The zero-order valence-corrected chi connectivity index (χ0v) is 14.7. The van der Waals surface area contributed by atoms with Crippen LogP contribution in [0.2, 0.25) is 0 Å². The van der Waals surface area contributed by atoms with Crippen LogP contribution >= 0.6 is 0 Å². The van der Waals surface area contributed by atoms with Crippen molar-refractivity contribution >= 4 is 0 Å². The van der Waals surface area contributed by atoms with Crippen molar-refractivity contribution in [3.8, 4) is 22.7 Å². The van der Waals surface area contributed by atoms with E-state index in [1.54, 1.807) is 0 Å². The van der Waals surface area contributed by atoms with Gasteiger partial charge < -0.3 is 5.11 Å². The number of hydrogen-bond donors (Lipinski definition) is 1. The van der Waals surface area contributed by atoms with E-state index in [0.29, 0.717) is 5.92 Å². The van der Waals surface area contributed by atoms with Gasteiger partial charge >= 0.3 is 0 Å². The number of rotatable bonds is 4. The summed E-state index contributed by atoms with van der Waals surface area (Å²) in [6.07, 6.45) is 0.754. The van der Waals surface area contributed by atoms with Crippen molar-refractivity contribution in [1.29, 1.82) is 0 Å². The van der Waals surface area contributed by atoms with E-state index in [0.717, 1.165) is 29.1 Å². The molecule has 0 bridgehead atoms. The zero-order valence-electron chi connectivity index (χ0n) is 14.7. The molecular weight excluding hydrogens is 296 g/mol. The van der Waals surface area contributed by atoms with Gasteiger partial charge in [0.1, 0.15) is 11.4 Å². The van der Waals surface area contributed by atoms with Crippen LogP contribution in [0.5, 0.6) is 5.75 Å². The molecule has 0 unspecified atom stereocenters. The average molecular weight is 320 g/mol. The van der Waals surface area contributed by atoms with Crippen molar-refractivity contribution in [3.05, 3.63) is 65.4 Å². The van der Waals surface area contributed by atoms with Crippen LogP contribution in [-0.4, -0.2) is 14.9 Å². The molecule has 0 radical (unpaired) electrons. The Hall–Kier alpha value is -2.55. The zero-order chi connectivity index (χ0) is 17.3. The highest BCUT2D eigenvalue weighted by molar-refractivity contribution is 5.70. The molecule has 3 rings (SSSR count). The second-order valence-electron chi connectivity index (χ2n) is 6.86. The molecule has 0 aliphatic heterocycles. The highest BCUT2D eigenvalue weighted by Gasteiger charge is 2.20. The number of nitrogens with zero attached hydrogens (tertiary/aromatic N) is 2. The third-order valence-corrected chi connectivity index (χ3v) is 4.14. The molecule has 3 heteroatoms. The van der Waals surface area contributed by atoms with Gasteiger partial charge in [-0.2, -0.15) is 5.10 Å². The Morgan fingerprint density at radius 2 is 1.46 bits per heavy atom. The topological polar surface area (TPSA) is 38.1 Å². The lowest BCUT2D eigenvalue weighted by atomic mass is 10.0. The number of hydrogen-bond acceptors (Lipinski definition) is 2. The molecule has 0 aliphatic rings. The van der Waals surface area contributed by atoms with Crippen LogP contribution in [0, 0.1) is 19.8 Å². The molecule has 124 valence electrons. The van der Waals surface area contributed by atoms with Crippen molar-refractivity contribution in [2.75, 3.05) is 0 Å². The predicted octanol–water partition coefficient (Wildman–Crippen LogP) is 5.06. The second-order valence-corrected chi connectivity index (χ2v) is 6.86. The van der Waals surface area contributed by atoms with Gasteiger partial charge in [-0.3, -0.25) is 0 Å². The van der Waals surface area contributed by atoms with Crippen molar-refractivity contribution in [2.24, 2.45) is 5.92 Å². The second kappa shape index (κ2) is 6.52. The molecule has 2 aromatic carbocycles. The minimum Gasteiger partial charge on any atom is -0.504 e. The minimum atomic E-state index is 0.285. The normalized spacial score (nSPS) is 11.2. The maximum Gasteiger partial charge on any atom is 0.165 e. The van der Waals surface area contributed by atoms with E-state index in [4.69, 9.17) is 5.10 Å². The summed E-state index contributed by atoms with van der Waals surface area (Å²) in [5.41, 5.74) is 5.84. The third kappa shape index (κ3) is 3.21. The first-order valence-electron chi connectivity index (χ1n) is 8.40. The molecule has 1 heterocycles. The standard InChI is InChI=1S/C21H24N2O/c1-14(2)13-19-21(24)20(17-9-5-15(3)6-10-17)23(22-19)18-11-7-16(4)8-12-18/h5-12,14,24H,13H2,1-4H3. The van der Waals surface area contributed by atoms with Gasteiger partial charge in [0.25, 0.3) is 0 Å². The molecule has 0 amide bonds. The summed E-state index contributed by atoms with van der Waals surface area (Å²) in [5, 5.41) is 15.5. The Bertz CT molecular complexity index is 828. The van der Waals surface area contributed by atoms with Crippen molar-refractivity contribution < 1.29 is 5.11 Å². The smallest absolute Gasteiger partial charge is 0.165 e. The van der Waals surface area contributed by atoms with Crippen LogP contribution < -0.4 is 0 Å². The van der Waals surface area contributed by atoms with Crippen molar-refractivity contribution in [3.63, 3.8) is 0 Å². The summed E-state index contributed by atoms with van der Waals surface area (Å²) in [6.45, 7) is 8.40. The summed E-state index contributed by atoms with van der Waals surface area (Å²) < 4.78 is 1.86. The van der Waals surface area contributed by atoms with Crippen molar-refractivity contribution in [1.82, 2.24) is 9.78 Å². The first kappa shape index (κ1) is 16.3. The molecule has 0 aliphatic carbocycles. The third-order valence-electron chi connectivity index (χ3n) is 4.14. The lowest BCUT2D eigenvalue weighted by molar-refractivity contribution is 0.464. The minimum absolute atomic E-state index is 0.285. The lowest BCUT2D eigenvalue weighted by Gasteiger charge is -2.08. The van der Waals surface area contributed by atoms with Gasteiger partial charge in [0.15, 0.2) is 5.75 Å². The van der Waals surface area contributed by atoms with Crippen LogP contribution in [0.15, 0.2) is 48.5 Å². The molecule has 0 fully saturated rings. The van der Waals surface area contributed by atoms with Crippen LogP contribution in [0.4, 0.5) is 0 Å². The Balaban J connectivity index is 2.18. The molecule has 1 N–H and O–H groups in total. The van der Waals surface area contributed by atoms with Crippen LogP contribution in [-0.2, 0) is 6.42 Å². The molecular formula is C21H24N2O. The van der Waals surface area contributed by atoms with Gasteiger partial charge in [0.05, 0.1) is 5.69 Å². The highest BCUT2D eigenvalue weighted by Crippen LogP contribution is 2.35. The molecule has 3 nitrogen and oxygen atoms in total. The van der Waals surface area contributed by atoms with E-state index in [2.05, 4.69) is 52.0 Å². The molecule has 0 saturated heterocycles. The Morgan fingerprint density at radius 3 is 2.00 bits per heavy atom. The van der Waals surface area contributed by atoms with E-state index in [9.17, 15) is 5.11 Å².